The van der Waals surface area contributed by atoms with Crippen molar-refractivity contribution in [2.45, 2.75) is 52.0 Å². The van der Waals surface area contributed by atoms with Crippen LogP contribution in [0, 0.1) is 12.8 Å². The van der Waals surface area contributed by atoms with E-state index >= 15 is 0 Å². The lowest BCUT2D eigenvalue weighted by atomic mass is 10.1. The lowest BCUT2D eigenvalue weighted by molar-refractivity contribution is -0.124. The van der Waals surface area contributed by atoms with Crippen LogP contribution in [-0.2, 0) is 14.8 Å². The van der Waals surface area contributed by atoms with E-state index < -0.39 is 10.0 Å². The summed E-state index contributed by atoms with van der Waals surface area (Å²) in [5, 5.41) is 2.80. The van der Waals surface area contributed by atoms with E-state index in [-0.39, 0.29) is 28.9 Å². The van der Waals surface area contributed by atoms with Crippen LogP contribution in [-0.4, -0.2) is 33.0 Å². The van der Waals surface area contributed by atoms with Gasteiger partial charge in [-0.05, 0) is 57.4 Å². The molecule has 2 N–H and O–H groups in total. The molecule has 0 atom stereocenters. The molecule has 0 heterocycles. The molecule has 0 unspecified atom stereocenters. The summed E-state index contributed by atoms with van der Waals surface area (Å²) < 4.78 is 32.5. The first-order valence-electron chi connectivity index (χ1n) is 7.95. The Hall–Kier alpha value is -1.60. The predicted octanol–water partition coefficient (Wildman–Crippen LogP) is 2.22. The first-order chi connectivity index (χ1) is 10.9. The van der Waals surface area contributed by atoms with E-state index in [0.717, 1.165) is 0 Å². The van der Waals surface area contributed by atoms with Crippen LogP contribution >= 0.6 is 0 Å². The van der Waals surface area contributed by atoms with Crippen molar-refractivity contribution >= 4 is 15.9 Å². The Kier molecular flexibility index (Phi) is 6.80. The lowest BCUT2D eigenvalue weighted by Crippen LogP contribution is -2.43. The molecular formula is C17H28N2O4S. The Morgan fingerprint density at radius 2 is 1.88 bits per heavy atom. The highest BCUT2D eigenvalue weighted by Crippen LogP contribution is 2.21. The molecule has 0 fully saturated rings. The summed E-state index contributed by atoms with van der Waals surface area (Å²) in [7, 11) is -3.53. The van der Waals surface area contributed by atoms with E-state index in [2.05, 4.69) is 10.0 Å². The average Bonchev–Trinajstić information content (AvgIpc) is 2.42. The second-order valence-electron chi connectivity index (χ2n) is 7.26. The van der Waals surface area contributed by atoms with Crippen molar-refractivity contribution < 1.29 is 17.9 Å². The molecule has 0 radical (unpaired) electrons. The maximum absolute atomic E-state index is 12.2. The summed E-state index contributed by atoms with van der Waals surface area (Å²) in [6, 6.07) is 4.59. The molecule has 0 aromatic heterocycles. The van der Waals surface area contributed by atoms with Crippen molar-refractivity contribution in [3.05, 3.63) is 23.8 Å². The minimum Gasteiger partial charge on any atom is -0.484 e. The minimum absolute atomic E-state index is 0.115. The van der Waals surface area contributed by atoms with Crippen LogP contribution in [0.4, 0.5) is 0 Å². The van der Waals surface area contributed by atoms with Crippen molar-refractivity contribution in [1.82, 2.24) is 10.0 Å². The quantitative estimate of drug-likeness (QED) is 0.784. The molecule has 1 amide bonds. The highest BCUT2D eigenvalue weighted by molar-refractivity contribution is 7.89. The number of hydrogen-bond donors (Lipinski definition) is 2. The fraction of sp³-hybridized carbons (Fsp3) is 0.588. The van der Waals surface area contributed by atoms with Crippen LogP contribution in [0.2, 0.25) is 0 Å². The number of amides is 1. The molecule has 0 aliphatic rings. The van der Waals surface area contributed by atoms with E-state index in [9.17, 15) is 13.2 Å². The third kappa shape index (κ3) is 6.88. The molecule has 7 heteroatoms. The Morgan fingerprint density at radius 3 is 2.38 bits per heavy atom. The van der Waals surface area contributed by atoms with Crippen LogP contribution in [0.5, 0.6) is 5.75 Å². The van der Waals surface area contributed by atoms with Gasteiger partial charge in [0.2, 0.25) is 10.0 Å². The maximum Gasteiger partial charge on any atom is 0.258 e. The molecular weight excluding hydrogens is 328 g/mol. The predicted molar refractivity (Wildman–Crippen MR) is 94.6 cm³/mol. The summed E-state index contributed by atoms with van der Waals surface area (Å²) in [4.78, 5) is 12.0. The van der Waals surface area contributed by atoms with Crippen molar-refractivity contribution in [1.29, 1.82) is 0 Å². The van der Waals surface area contributed by atoms with Gasteiger partial charge >= 0.3 is 0 Å². The number of carbonyl (C=O) groups is 1. The second-order valence-corrected chi connectivity index (χ2v) is 9.03. The molecule has 0 bridgehead atoms. The zero-order valence-electron chi connectivity index (χ0n) is 15.3. The third-order valence-corrected chi connectivity index (χ3v) is 4.43. The third-order valence-electron chi connectivity index (χ3n) is 3.01. The van der Waals surface area contributed by atoms with E-state index in [1.54, 1.807) is 19.1 Å². The Labute approximate surface area is 145 Å². The fourth-order valence-corrected chi connectivity index (χ4v) is 3.21. The van der Waals surface area contributed by atoms with Crippen molar-refractivity contribution in [3.63, 3.8) is 0 Å². The van der Waals surface area contributed by atoms with Crippen molar-refractivity contribution in [3.8, 4) is 5.75 Å². The molecule has 136 valence electrons. The summed E-state index contributed by atoms with van der Waals surface area (Å²) in [5.41, 5.74) is 0.334. The van der Waals surface area contributed by atoms with Gasteiger partial charge in [0.15, 0.2) is 6.61 Å². The Morgan fingerprint density at radius 1 is 1.25 bits per heavy atom. The smallest absolute Gasteiger partial charge is 0.258 e. The summed E-state index contributed by atoms with van der Waals surface area (Å²) >= 11 is 0. The van der Waals surface area contributed by atoms with E-state index in [1.165, 1.54) is 6.07 Å². The zero-order valence-corrected chi connectivity index (χ0v) is 16.1. The molecule has 0 aliphatic heterocycles. The molecule has 1 aromatic carbocycles. The van der Waals surface area contributed by atoms with Crippen LogP contribution in [0.1, 0.15) is 40.2 Å². The molecule has 0 spiro atoms. The largest absolute Gasteiger partial charge is 0.484 e. The van der Waals surface area contributed by atoms with Gasteiger partial charge in [0.25, 0.3) is 5.91 Å². The van der Waals surface area contributed by atoms with E-state index in [1.807, 2.05) is 34.6 Å². The van der Waals surface area contributed by atoms with Gasteiger partial charge in [-0.15, -0.1) is 0 Å². The van der Waals surface area contributed by atoms with E-state index in [0.29, 0.717) is 17.9 Å². The number of carbonyl (C=O) groups excluding carboxylic acids is 1. The number of rotatable bonds is 7. The Balaban J connectivity index is 2.76. The second kappa shape index (κ2) is 7.98. The number of benzene rings is 1. The molecule has 1 rings (SSSR count). The van der Waals surface area contributed by atoms with Crippen LogP contribution in [0.3, 0.4) is 0 Å². The summed E-state index contributed by atoms with van der Waals surface area (Å²) in [6.07, 6.45) is 0. The molecule has 24 heavy (non-hydrogen) atoms. The van der Waals surface area contributed by atoms with Gasteiger partial charge in [-0.3, -0.25) is 4.79 Å². The number of hydrogen-bond acceptors (Lipinski definition) is 4. The van der Waals surface area contributed by atoms with Crippen molar-refractivity contribution in [2.24, 2.45) is 5.92 Å². The van der Waals surface area contributed by atoms with E-state index in [4.69, 9.17) is 4.74 Å². The fourth-order valence-electron chi connectivity index (χ4n) is 1.91. The van der Waals surface area contributed by atoms with Crippen LogP contribution < -0.4 is 14.8 Å². The molecule has 1 aromatic rings. The number of nitrogens with one attached hydrogen (secondary N) is 2. The lowest BCUT2D eigenvalue weighted by Gasteiger charge is -2.20. The first kappa shape index (κ1) is 20.4. The summed E-state index contributed by atoms with van der Waals surface area (Å²) in [6.45, 7) is 11.6. The molecule has 0 saturated carbocycles. The van der Waals surface area contributed by atoms with Crippen LogP contribution in [0.25, 0.3) is 0 Å². The zero-order chi connectivity index (χ0) is 18.5. The van der Waals surface area contributed by atoms with Gasteiger partial charge in [0.05, 0.1) is 4.90 Å². The molecule has 0 aliphatic carbocycles. The van der Waals surface area contributed by atoms with Gasteiger partial charge in [0.1, 0.15) is 5.75 Å². The average molecular weight is 356 g/mol. The number of aryl methyl sites for hydroxylation is 1. The van der Waals surface area contributed by atoms with Crippen molar-refractivity contribution in [2.75, 3.05) is 13.2 Å². The Bertz CT molecular complexity index is 676. The number of ether oxygens (including phenoxy) is 1. The van der Waals surface area contributed by atoms with Gasteiger partial charge in [0, 0.05) is 12.1 Å². The number of sulfonamides is 1. The molecule has 0 saturated heterocycles. The SMILES string of the molecule is Cc1cc(S(=O)(=O)NCC(C)C)ccc1OCC(=O)NC(C)(C)C. The normalized spacial score (nSPS) is 12.3. The van der Waals surface area contributed by atoms with Crippen LogP contribution in [0.15, 0.2) is 23.1 Å². The van der Waals surface area contributed by atoms with Gasteiger partial charge < -0.3 is 10.1 Å². The topological polar surface area (TPSA) is 84.5 Å². The van der Waals surface area contributed by atoms with Gasteiger partial charge in [-0.25, -0.2) is 13.1 Å². The summed E-state index contributed by atoms with van der Waals surface area (Å²) in [5.74, 6) is 0.490. The maximum atomic E-state index is 12.2. The standard InChI is InChI=1S/C17H28N2O4S/c1-12(2)10-18-24(21,22)14-7-8-15(13(3)9-14)23-11-16(20)19-17(4,5)6/h7-9,12,18H,10-11H2,1-6H3,(H,19,20). The highest BCUT2D eigenvalue weighted by Gasteiger charge is 2.17. The minimum atomic E-state index is -3.53. The van der Waals surface area contributed by atoms with Gasteiger partial charge in [-0.2, -0.15) is 0 Å². The first-order valence-corrected chi connectivity index (χ1v) is 9.43. The van der Waals surface area contributed by atoms with Gasteiger partial charge in [-0.1, -0.05) is 13.8 Å². The monoisotopic (exact) mass is 356 g/mol. The highest BCUT2D eigenvalue weighted by atomic mass is 32.2. The molecule has 6 nitrogen and oxygen atoms in total.